The first-order valence-corrected chi connectivity index (χ1v) is 11.2. The molecule has 0 saturated heterocycles. The number of benzene rings is 2. The lowest BCUT2D eigenvalue weighted by atomic mass is 10.0. The number of hydrogen-bond donors (Lipinski definition) is 1. The number of methoxy groups -OCH3 is 2. The van der Waals surface area contributed by atoms with Gasteiger partial charge in [0.2, 0.25) is 0 Å². The average Bonchev–Trinajstić information content (AvgIpc) is 2.87. The van der Waals surface area contributed by atoms with E-state index in [4.69, 9.17) is 30.9 Å². The molecular weight excluding hydrogens is 477 g/mol. The highest BCUT2D eigenvalue weighted by Crippen LogP contribution is 2.29. The van der Waals surface area contributed by atoms with E-state index < -0.39 is 5.82 Å². The van der Waals surface area contributed by atoms with Gasteiger partial charge in [-0.1, -0.05) is 17.7 Å². The first kappa shape index (κ1) is 26.3. The van der Waals surface area contributed by atoms with E-state index >= 15 is 0 Å². The Morgan fingerprint density at radius 3 is 2.46 bits per heavy atom. The SMILES string of the molecule is COCc1ccc(C(=O)CCC(=O)c2ccc(OCCO)c(OC)c2)nc1-c1ccc(F)c(Cl)c1. The summed E-state index contributed by atoms with van der Waals surface area (Å²) in [5.74, 6) is -0.353. The standard InChI is InChI=1S/C26H25ClFNO6/c1-33-15-18-4-7-21(29-26(18)17-3-6-20(28)19(27)13-17)23(32)9-8-22(31)16-5-10-24(35-12-11-30)25(14-16)34-2/h3-7,10,13-14,30H,8-9,11-12,15H2,1-2H3. The van der Waals surface area contributed by atoms with E-state index in [2.05, 4.69) is 4.98 Å². The predicted molar refractivity (Wildman–Crippen MR) is 129 cm³/mol. The number of halogens is 2. The molecule has 0 atom stereocenters. The lowest BCUT2D eigenvalue weighted by Crippen LogP contribution is -2.09. The quantitative estimate of drug-likeness (QED) is 0.352. The van der Waals surface area contributed by atoms with Crippen molar-refractivity contribution in [2.45, 2.75) is 19.4 Å². The Kier molecular flexibility index (Phi) is 9.31. The Bertz CT molecular complexity index is 1220. The third kappa shape index (κ3) is 6.63. The number of carbonyl (C=O) groups excluding carboxylic acids is 2. The number of nitrogens with zero attached hydrogens (tertiary/aromatic N) is 1. The normalized spacial score (nSPS) is 10.8. The van der Waals surface area contributed by atoms with Gasteiger partial charge in [0.05, 0.1) is 31.0 Å². The molecule has 1 aromatic heterocycles. The lowest BCUT2D eigenvalue weighted by molar-refractivity contribution is 0.0914. The smallest absolute Gasteiger partial charge is 0.181 e. The molecule has 3 rings (SSSR count). The van der Waals surface area contributed by atoms with E-state index in [9.17, 15) is 14.0 Å². The summed E-state index contributed by atoms with van der Waals surface area (Å²) in [6, 6.07) is 12.2. The van der Waals surface area contributed by atoms with Crippen LogP contribution in [0.2, 0.25) is 5.02 Å². The predicted octanol–water partition coefficient (Wildman–Crippen LogP) is 4.91. The molecule has 0 spiro atoms. The van der Waals surface area contributed by atoms with Gasteiger partial charge in [-0.3, -0.25) is 9.59 Å². The monoisotopic (exact) mass is 501 g/mol. The summed E-state index contributed by atoms with van der Waals surface area (Å²) in [6.45, 7) is 0.187. The Morgan fingerprint density at radius 2 is 1.77 bits per heavy atom. The molecule has 9 heteroatoms. The highest BCUT2D eigenvalue weighted by molar-refractivity contribution is 6.31. The summed E-state index contributed by atoms with van der Waals surface area (Å²) in [6.07, 6.45) is -0.0812. The summed E-state index contributed by atoms with van der Waals surface area (Å²) in [5.41, 5.74) is 2.26. The third-order valence-electron chi connectivity index (χ3n) is 5.17. The Balaban J connectivity index is 1.76. The molecule has 0 saturated carbocycles. The van der Waals surface area contributed by atoms with Gasteiger partial charge < -0.3 is 19.3 Å². The van der Waals surface area contributed by atoms with Gasteiger partial charge in [-0.05, 0) is 42.5 Å². The fourth-order valence-electron chi connectivity index (χ4n) is 3.42. The van der Waals surface area contributed by atoms with Crippen molar-refractivity contribution in [2.24, 2.45) is 0 Å². The fraction of sp³-hybridized carbons (Fsp3) is 0.269. The first-order valence-electron chi connectivity index (χ1n) is 10.8. The van der Waals surface area contributed by atoms with E-state index in [1.165, 1.54) is 38.5 Å². The molecule has 0 fully saturated rings. The van der Waals surface area contributed by atoms with Crippen LogP contribution in [-0.2, 0) is 11.3 Å². The third-order valence-corrected chi connectivity index (χ3v) is 5.46. The second-order valence-electron chi connectivity index (χ2n) is 7.55. The van der Waals surface area contributed by atoms with Gasteiger partial charge in [0, 0.05) is 36.6 Å². The number of rotatable bonds is 12. The molecule has 0 bridgehead atoms. The molecule has 0 radical (unpaired) electrons. The number of hydrogen-bond acceptors (Lipinski definition) is 7. The molecule has 0 aliphatic heterocycles. The second-order valence-corrected chi connectivity index (χ2v) is 7.96. The number of aliphatic hydroxyl groups excluding tert-OH is 1. The van der Waals surface area contributed by atoms with Crippen LogP contribution in [0.5, 0.6) is 11.5 Å². The summed E-state index contributed by atoms with van der Waals surface area (Å²) < 4.78 is 29.5. The van der Waals surface area contributed by atoms with Crippen LogP contribution in [0.15, 0.2) is 48.5 Å². The molecule has 2 aromatic carbocycles. The molecule has 0 aliphatic rings. The zero-order valence-electron chi connectivity index (χ0n) is 19.3. The van der Waals surface area contributed by atoms with Crippen molar-refractivity contribution in [1.29, 1.82) is 0 Å². The van der Waals surface area contributed by atoms with Crippen LogP contribution in [0.4, 0.5) is 4.39 Å². The molecule has 0 aliphatic carbocycles. The Hall–Kier alpha value is -3.33. The number of aliphatic hydroxyl groups is 1. The van der Waals surface area contributed by atoms with Crippen LogP contribution in [0.1, 0.15) is 39.3 Å². The van der Waals surface area contributed by atoms with Crippen LogP contribution < -0.4 is 9.47 Å². The molecular formula is C26H25ClFNO6. The van der Waals surface area contributed by atoms with Gasteiger partial charge in [-0.25, -0.2) is 9.37 Å². The summed E-state index contributed by atoms with van der Waals surface area (Å²) in [4.78, 5) is 30.0. The van der Waals surface area contributed by atoms with Crippen LogP contribution in [-0.4, -0.2) is 49.1 Å². The topological polar surface area (TPSA) is 95.0 Å². The molecule has 184 valence electrons. The molecule has 0 amide bonds. The van der Waals surface area contributed by atoms with E-state index in [0.717, 1.165) is 0 Å². The largest absolute Gasteiger partial charge is 0.493 e. The average molecular weight is 502 g/mol. The van der Waals surface area contributed by atoms with E-state index in [-0.39, 0.29) is 54.9 Å². The van der Waals surface area contributed by atoms with Crippen LogP contribution in [0.25, 0.3) is 11.3 Å². The molecule has 35 heavy (non-hydrogen) atoms. The number of pyridine rings is 1. The van der Waals surface area contributed by atoms with Crippen molar-refractivity contribution in [3.05, 3.63) is 76.2 Å². The number of carbonyl (C=O) groups is 2. The van der Waals surface area contributed by atoms with Gasteiger partial charge in [0.25, 0.3) is 0 Å². The van der Waals surface area contributed by atoms with Crippen molar-refractivity contribution in [3.63, 3.8) is 0 Å². The van der Waals surface area contributed by atoms with Gasteiger partial charge in [-0.15, -0.1) is 0 Å². The molecule has 3 aromatic rings. The van der Waals surface area contributed by atoms with Crippen molar-refractivity contribution >= 4 is 23.2 Å². The number of aromatic nitrogens is 1. The number of Topliss-reactive ketones (excluding diaryl/α,β-unsaturated/α-hetero) is 2. The van der Waals surface area contributed by atoms with E-state index in [1.54, 1.807) is 24.3 Å². The van der Waals surface area contributed by atoms with Crippen LogP contribution in [0.3, 0.4) is 0 Å². The Labute approximate surface area is 207 Å². The van der Waals surface area contributed by atoms with Crippen molar-refractivity contribution < 1.29 is 33.3 Å². The minimum absolute atomic E-state index is 0.0297. The zero-order chi connectivity index (χ0) is 25.4. The Morgan fingerprint density at radius 1 is 1.00 bits per heavy atom. The number of ketones is 2. The van der Waals surface area contributed by atoms with E-state index in [0.29, 0.717) is 33.9 Å². The van der Waals surface area contributed by atoms with Crippen molar-refractivity contribution in [2.75, 3.05) is 27.4 Å². The minimum Gasteiger partial charge on any atom is -0.493 e. The number of ether oxygens (including phenoxy) is 3. The van der Waals surface area contributed by atoms with E-state index in [1.807, 2.05) is 0 Å². The molecule has 0 unspecified atom stereocenters. The highest BCUT2D eigenvalue weighted by Gasteiger charge is 2.17. The van der Waals surface area contributed by atoms with Gasteiger partial charge in [-0.2, -0.15) is 0 Å². The van der Waals surface area contributed by atoms with Gasteiger partial charge in [0.15, 0.2) is 23.1 Å². The molecule has 1 heterocycles. The fourth-order valence-corrected chi connectivity index (χ4v) is 3.60. The summed E-state index contributed by atoms with van der Waals surface area (Å²) >= 11 is 5.93. The zero-order valence-corrected chi connectivity index (χ0v) is 20.1. The van der Waals surface area contributed by atoms with Crippen LogP contribution >= 0.6 is 11.6 Å². The van der Waals surface area contributed by atoms with Crippen LogP contribution in [0, 0.1) is 5.82 Å². The van der Waals surface area contributed by atoms with Gasteiger partial charge >= 0.3 is 0 Å². The highest BCUT2D eigenvalue weighted by atomic mass is 35.5. The van der Waals surface area contributed by atoms with Crippen molar-refractivity contribution in [3.8, 4) is 22.8 Å². The summed E-state index contributed by atoms with van der Waals surface area (Å²) in [5, 5.41) is 8.86. The first-order chi connectivity index (χ1) is 16.9. The maximum absolute atomic E-state index is 13.6. The maximum atomic E-state index is 13.6. The summed E-state index contributed by atoms with van der Waals surface area (Å²) in [7, 11) is 2.98. The molecule has 1 N–H and O–H groups in total. The molecule has 7 nitrogen and oxygen atoms in total. The van der Waals surface area contributed by atoms with Crippen molar-refractivity contribution in [1.82, 2.24) is 4.98 Å². The maximum Gasteiger partial charge on any atom is 0.181 e. The minimum atomic E-state index is -0.556. The lowest BCUT2D eigenvalue weighted by Gasteiger charge is -2.12. The van der Waals surface area contributed by atoms with Gasteiger partial charge in [0.1, 0.15) is 18.1 Å². The second kappa shape index (κ2) is 12.4.